The summed E-state index contributed by atoms with van der Waals surface area (Å²) in [7, 11) is 0. The lowest BCUT2D eigenvalue weighted by atomic mass is 9.74. The van der Waals surface area contributed by atoms with E-state index in [2.05, 4.69) is 27.2 Å². The largest absolute Gasteiger partial charge is 0.352 e. The van der Waals surface area contributed by atoms with Crippen LogP contribution in [0.15, 0.2) is 42.6 Å². The Labute approximate surface area is 238 Å². The number of carbonyl (C=O) groups is 2. The van der Waals surface area contributed by atoms with E-state index in [0.29, 0.717) is 31.0 Å². The average Bonchev–Trinajstić information content (AvgIpc) is 3.36. The third-order valence-electron chi connectivity index (χ3n) is 9.21. The number of aryl methyl sites for hydroxylation is 1. The molecule has 1 aromatic heterocycles. The summed E-state index contributed by atoms with van der Waals surface area (Å²) in [6.07, 6.45) is 5.19. The van der Waals surface area contributed by atoms with Crippen molar-refractivity contribution in [1.29, 1.82) is 0 Å². The molecule has 2 amide bonds. The van der Waals surface area contributed by atoms with Crippen LogP contribution in [0.25, 0.3) is 0 Å². The molecule has 3 N–H and O–H groups in total. The number of alkyl halides is 2. The lowest BCUT2D eigenvalue weighted by molar-refractivity contribution is -0.172. The van der Waals surface area contributed by atoms with Gasteiger partial charge in [-0.2, -0.15) is 0 Å². The summed E-state index contributed by atoms with van der Waals surface area (Å²) in [5, 5.41) is 3.22. The van der Waals surface area contributed by atoms with Crippen molar-refractivity contribution in [2.75, 3.05) is 19.6 Å². The maximum Gasteiger partial charge on any atom is 0.282 e. The number of piperidine rings is 1. The number of fused-ring (bicyclic) bond motifs is 1. The van der Waals surface area contributed by atoms with Gasteiger partial charge in [-0.15, -0.1) is 0 Å². The number of hydrogen-bond donors (Lipinski definition) is 3. The summed E-state index contributed by atoms with van der Waals surface area (Å²) in [6, 6.07) is 10.0. The molecule has 3 aliphatic heterocycles. The quantitative estimate of drug-likeness (QED) is 0.495. The molecule has 3 saturated heterocycles. The Hall–Kier alpha value is -3.02. The predicted molar refractivity (Wildman–Crippen MR) is 146 cm³/mol. The number of amides is 2. The van der Waals surface area contributed by atoms with Crippen molar-refractivity contribution in [3.63, 3.8) is 0 Å². The van der Waals surface area contributed by atoms with Crippen molar-refractivity contribution in [1.82, 2.24) is 31.0 Å². The first kappa shape index (κ1) is 28.1. The number of hydrazine groups is 1. The highest BCUT2D eigenvalue weighted by molar-refractivity contribution is 5.83. The molecule has 4 unspecified atom stereocenters. The fourth-order valence-electron chi connectivity index (χ4n) is 7.05. The summed E-state index contributed by atoms with van der Waals surface area (Å²) in [5.74, 6) is -3.45. The monoisotopic (exact) mass is 570 g/mol. The Morgan fingerprint density at radius 3 is 2.66 bits per heavy atom. The fraction of sp³-hybridized carbons (Fsp3) is 0.567. The molecule has 1 aromatic carbocycles. The van der Waals surface area contributed by atoms with Gasteiger partial charge in [0, 0.05) is 48.5 Å². The number of nitrogens with zero attached hydrogens (tertiary/aromatic N) is 3. The van der Waals surface area contributed by atoms with Gasteiger partial charge >= 0.3 is 0 Å². The van der Waals surface area contributed by atoms with Crippen molar-refractivity contribution in [3.8, 4) is 0 Å². The van der Waals surface area contributed by atoms with Crippen LogP contribution in [0.1, 0.15) is 55.0 Å². The first-order valence-corrected chi connectivity index (χ1v) is 14.5. The highest BCUT2D eigenvalue weighted by Crippen LogP contribution is 2.40. The minimum absolute atomic E-state index is 0.00279. The van der Waals surface area contributed by atoms with E-state index >= 15 is 0 Å². The van der Waals surface area contributed by atoms with Gasteiger partial charge in [0.1, 0.15) is 5.82 Å². The number of pyridine rings is 1. The molecule has 2 aromatic rings. The molecule has 0 bridgehead atoms. The standard InChI is InChI=1S/C30H37F3N6O2/c1-18-12-19(10-11-34-18)27-23-13-20(6-8-25(23)36-37-27)28(40)35-22-7-9-26(29(41)39-16-30(32,33)17-39)38(15-22)14-21-4-2-3-5-24(21)31/h2-5,10-12,20,22-23,25-27,36-37H,6-9,13-17H2,1H3,(H,35,40)/t20?,22-,23?,25?,26+,27?/m1/s1. The van der Waals surface area contributed by atoms with Crippen molar-refractivity contribution in [2.24, 2.45) is 11.8 Å². The highest BCUT2D eigenvalue weighted by atomic mass is 19.3. The van der Waals surface area contributed by atoms with Crippen LogP contribution < -0.4 is 16.2 Å². The van der Waals surface area contributed by atoms with Crippen molar-refractivity contribution in [3.05, 3.63) is 65.2 Å². The third-order valence-corrected chi connectivity index (χ3v) is 9.21. The van der Waals surface area contributed by atoms with Crippen molar-refractivity contribution in [2.45, 2.75) is 75.7 Å². The van der Waals surface area contributed by atoms with Gasteiger partial charge in [-0.3, -0.25) is 24.9 Å². The molecule has 6 atom stereocenters. The first-order chi connectivity index (χ1) is 19.7. The van der Waals surface area contributed by atoms with E-state index in [4.69, 9.17) is 0 Å². The number of benzene rings is 1. The van der Waals surface area contributed by atoms with E-state index in [0.717, 1.165) is 30.5 Å². The number of nitrogens with one attached hydrogen (secondary N) is 3. The number of carbonyl (C=O) groups excluding carboxylic acids is 2. The Bertz CT molecular complexity index is 1290. The second-order valence-electron chi connectivity index (χ2n) is 12.1. The zero-order valence-corrected chi connectivity index (χ0v) is 23.2. The van der Waals surface area contributed by atoms with Gasteiger partial charge in [0.25, 0.3) is 5.92 Å². The van der Waals surface area contributed by atoms with Crippen LogP contribution in [0.5, 0.6) is 0 Å². The Kier molecular flexibility index (Phi) is 7.78. The van der Waals surface area contributed by atoms with Crippen LogP contribution >= 0.6 is 0 Å². The Balaban J connectivity index is 1.11. The van der Waals surface area contributed by atoms with Gasteiger partial charge in [-0.1, -0.05) is 18.2 Å². The molecule has 4 heterocycles. The zero-order valence-electron chi connectivity index (χ0n) is 23.2. The van der Waals surface area contributed by atoms with E-state index in [1.807, 2.05) is 24.1 Å². The van der Waals surface area contributed by atoms with E-state index in [1.165, 1.54) is 11.0 Å². The summed E-state index contributed by atoms with van der Waals surface area (Å²) in [6.45, 7) is 1.32. The van der Waals surface area contributed by atoms with Gasteiger partial charge in [0.05, 0.1) is 25.2 Å². The van der Waals surface area contributed by atoms with Crippen LogP contribution in [0.2, 0.25) is 0 Å². The molecule has 0 radical (unpaired) electrons. The molecule has 1 saturated carbocycles. The summed E-state index contributed by atoms with van der Waals surface area (Å²) in [4.78, 5) is 34.0. The van der Waals surface area contributed by atoms with Gasteiger partial charge in [0.15, 0.2) is 0 Å². The average molecular weight is 571 g/mol. The minimum Gasteiger partial charge on any atom is -0.352 e. The van der Waals surface area contributed by atoms with Crippen LogP contribution in [0, 0.1) is 24.6 Å². The van der Waals surface area contributed by atoms with E-state index in [-0.39, 0.29) is 48.1 Å². The SMILES string of the molecule is Cc1cc(C2NNC3CCC(C(=O)N[C@@H]4CC[C@@H](C(=O)N5CC(F)(F)C5)N(Cc5ccccc5F)C4)CC32)ccn1. The molecule has 11 heteroatoms. The number of rotatable bonds is 6. The molecular formula is C30H37F3N6O2. The second kappa shape index (κ2) is 11.3. The minimum atomic E-state index is -2.85. The molecule has 220 valence electrons. The fourth-order valence-corrected chi connectivity index (χ4v) is 7.05. The van der Waals surface area contributed by atoms with Crippen LogP contribution in [-0.2, 0) is 16.1 Å². The Morgan fingerprint density at radius 2 is 1.90 bits per heavy atom. The number of halogens is 3. The maximum absolute atomic E-state index is 14.5. The molecule has 0 spiro atoms. The van der Waals surface area contributed by atoms with E-state index in [9.17, 15) is 22.8 Å². The molecule has 1 aliphatic carbocycles. The molecule has 41 heavy (non-hydrogen) atoms. The number of hydrogen-bond acceptors (Lipinski definition) is 6. The molecule has 8 nitrogen and oxygen atoms in total. The van der Waals surface area contributed by atoms with E-state index < -0.39 is 25.1 Å². The lowest BCUT2D eigenvalue weighted by Gasteiger charge is -2.45. The van der Waals surface area contributed by atoms with Gasteiger partial charge < -0.3 is 10.2 Å². The maximum atomic E-state index is 14.5. The smallest absolute Gasteiger partial charge is 0.282 e. The zero-order chi connectivity index (χ0) is 28.7. The predicted octanol–water partition coefficient (Wildman–Crippen LogP) is 3.09. The molecule has 4 fully saturated rings. The second-order valence-corrected chi connectivity index (χ2v) is 12.1. The normalized spacial score (nSPS) is 31.3. The highest BCUT2D eigenvalue weighted by Gasteiger charge is 2.49. The molecule has 4 aliphatic rings. The summed E-state index contributed by atoms with van der Waals surface area (Å²) >= 11 is 0. The van der Waals surface area contributed by atoms with Gasteiger partial charge in [0.2, 0.25) is 11.8 Å². The lowest BCUT2D eigenvalue weighted by Crippen LogP contribution is -2.64. The first-order valence-electron chi connectivity index (χ1n) is 14.5. The van der Waals surface area contributed by atoms with Crippen molar-refractivity contribution < 1.29 is 22.8 Å². The molecular weight excluding hydrogens is 533 g/mol. The van der Waals surface area contributed by atoms with Gasteiger partial charge in [-0.25, -0.2) is 18.6 Å². The topological polar surface area (TPSA) is 89.6 Å². The van der Waals surface area contributed by atoms with Gasteiger partial charge in [-0.05, 0) is 68.7 Å². The number of aromatic nitrogens is 1. The number of likely N-dealkylation sites (tertiary alicyclic amines) is 2. The van der Waals surface area contributed by atoms with Crippen LogP contribution in [0.3, 0.4) is 0 Å². The Morgan fingerprint density at radius 1 is 1.10 bits per heavy atom. The summed E-state index contributed by atoms with van der Waals surface area (Å²) < 4.78 is 41.5. The van der Waals surface area contributed by atoms with Crippen LogP contribution in [0.4, 0.5) is 13.2 Å². The van der Waals surface area contributed by atoms with E-state index in [1.54, 1.807) is 18.2 Å². The summed E-state index contributed by atoms with van der Waals surface area (Å²) in [5.41, 5.74) is 9.39. The van der Waals surface area contributed by atoms with Crippen molar-refractivity contribution >= 4 is 11.8 Å². The molecule has 6 rings (SSSR count). The third kappa shape index (κ3) is 5.98. The van der Waals surface area contributed by atoms with Crippen LogP contribution in [-0.4, -0.2) is 70.3 Å².